The quantitative estimate of drug-likeness (QED) is 0.390. The lowest BCUT2D eigenvalue weighted by molar-refractivity contribution is 0.104. The van der Waals surface area contributed by atoms with Crippen LogP contribution in [0.5, 0.6) is 5.75 Å². The van der Waals surface area contributed by atoms with Crippen molar-refractivity contribution in [3.05, 3.63) is 71.9 Å². The summed E-state index contributed by atoms with van der Waals surface area (Å²) >= 11 is 0. The number of para-hydroxylation sites is 1. The Morgan fingerprint density at radius 2 is 1.83 bits per heavy atom. The summed E-state index contributed by atoms with van der Waals surface area (Å²) < 4.78 is 5.60. The Hall–Kier alpha value is -2.55. The maximum absolute atomic E-state index is 12.2. The van der Waals surface area contributed by atoms with Gasteiger partial charge in [0.2, 0.25) is 0 Å². The van der Waals surface area contributed by atoms with Crippen LogP contribution in [0.4, 0.5) is 5.69 Å². The third-order valence-electron chi connectivity index (χ3n) is 3.78. The number of nitrogens with one attached hydrogen (secondary N) is 1. The van der Waals surface area contributed by atoms with Crippen LogP contribution in [0.3, 0.4) is 0 Å². The molecule has 1 N–H and O–H groups in total. The number of anilines is 1. The number of carbonyl (C=O) groups excluding carboxylic acids is 1. The highest BCUT2D eigenvalue weighted by Crippen LogP contribution is 2.16. The summed E-state index contributed by atoms with van der Waals surface area (Å²) in [5, 5.41) is 3.18. The normalized spacial score (nSPS) is 10.8. The largest absolute Gasteiger partial charge is 0.494 e. The smallest absolute Gasteiger partial charge is 0.187 e. The molecule has 24 heavy (non-hydrogen) atoms. The first-order chi connectivity index (χ1) is 11.7. The second kappa shape index (κ2) is 9.56. The minimum atomic E-state index is -0.0309. The number of hydrogen-bond donors (Lipinski definition) is 1. The predicted molar refractivity (Wildman–Crippen MR) is 99.8 cm³/mol. The monoisotopic (exact) mass is 323 g/mol. The van der Waals surface area contributed by atoms with Gasteiger partial charge in [0, 0.05) is 23.5 Å². The zero-order chi connectivity index (χ0) is 17.2. The van der Waals surface area contributed by atoms with Gasteiger partial charge in [0.1, 0.15) is 5.75 Å². The van der Waals surface area contributed by atoms with Crippen molar-refractivity contribution < 1.29 is 9.53 Å². The van der Waals surface area contributed by atoms with Gasteiger partial charge in [-0.2, -0.15) is 0 Å². The highest BCUT2D eigenvalue weighted by Gasteiger charge is 2.02. The Labute approximate surface area is 144 Å². The molecule has 0 radical (unpaired) electrons. The van der Waals surface area contributed by atoms with Gasteiger partial charge in [-0.25, -0.2) is 0 Å². The fourth-order valence-corrected chi connectivity index (χ4v) is 2.32. The number of hydrogen-bond acceptors (Lipinski definition) is 3. The minimum Gasteiger partial charge on any atom is -0.494 e. The molecule has 0 aliphatic carbocycles. The second-order valence-electron chi connectivity index (χ2n) is 5.58. The lowest BCUT2D eigenvalue weighted by Gasteiger charge is -2.07. The molecule has 2 rings (SSSR count). The van der Waals surface area contributed by atoms with Crippen molar-refractivity contribution in [3.8, 4) is 5.75 Å². The first kappa shape index (κ1) is 17.8. The number of allylic oxidation sites excluding steroid dienone is 1. The molecule has 0 aliphatic heterocycles. The summed E-state index contributed by atoms with van der Waals surface area (Å²) in [6, 6.07) is 15.4. The second-order valence-corrected chi connectivity index (χ2v) is 5.58. The molecule has 0 unspecified atom stereocenters. The standard InChI is InChI=1S/C21H25NO2/c1-3-5-16-24-19-12-10-18(11-13-19)21(23)14-15-22-20-9-7-6-8-17(20)4-2/h6-15,22H,3-5,16H2,1-2H3/b15-14+. The van der Waals surface area contributed by atoms with E-state index in [1.54, 1.807) is 24.4 Å². The Morgan fingerprint density at radius 1 is 1.08 bits per heavy atom. The van der Waals surface area contributed by atoms with Crippen LogP contribution in [0.15, 0.2) is 60.8 Å². The number of ether oxygens (including phenoxy) is 1. The molecule has 0 bridgehead atoms. The van der Waals surface area contributed by atoms with Crippen LogP contribution in [-0.2, 0) is 6.42 Å². The molecule has 0 saturated carbocycles. The van der Waals surface area contributed by atoms with Gasteiger partial charge in [-0.1, -0.05) is 38.5 Å². The van der Waals surface area contributed by atoms with Gasteiger partial charge in [-0.3, -0.25) is 4.79 Å². The number of rotatable bonds is 9. The average Bonchev–Trinajstić information content (AvgIpc) is 2.63. The molecule has 0 fully saturated rings. The van der Waals surface area contributed by atoms with Crippen molar-refractivity contribution in [2.45, 2.75) is 33.1 Å². The van der Waals surface area contributed by atoms with Crippen LogP contribution in [-0.4, -0.2) is 12.4 Å². The fourth-order valence-electron chi connectivity index (χ4n) is 2.32. The zero-order valence-corrected chi connectivity index (χ0v) is 14.4. The molecule has 126 valence electrons. The summed E-state index contributed by atoms with van der Waals surface area (Å²) in [5.74, 6) is 0.774. The van der Waals surface area contributed by atoms with Gasteiger partial charge in [-0.15, -0.1) is 0 Å². The van der Waals surface area contributed by atoms with E-state index in [4.69, 9.17) is 4.74 Å². The number of carbonyl (C=O) groups is 1. The van der Waals surface area contributed by atoms with Crippen LogP contribution >= 0.6 is 0 Å². The van der Waals surface area contributed by atoms with E-state index in [0.29, 0.717) is 12.2 Å². The molecule has 0 spiro atoms. The van der Waals surface area contributed by atoms with Gasteiger partial charge < -0.3 is 10.1 Å². The molecular formula is C21H25NO2. The van der Waals surface area contributed by atoms with Crippen molar-refractivity contribution in [3.63, 3.8) is 0 Å². The summed E-state index contributed by atoms with van der Waals surface area (Å²) in [7, 11) is 0. The maximum atomic E-state index is 12.2. The topological polar surface area (TPSA) is 38.3 Å². The van der Waals surface area contributed by atoms with E-state index in [0.717, 1.165) is 30.7 Å². The van der Waals surface area contributed by atoms with Crippen LogP contribution < -0.4 is 10.1 Å². The van der Waals surface area contributed by atoms with E-state index in [2.05, 4.69) is 25.2 Å². The molecule has 0 atom stereocenters. The summed E-state index contributed by atoms with van der Waals surface area (Å²) in [4.78, 5) is 12.2. The Balaban J connectivity index is 1.91. The number of unbranched alkanes of at least 4 members (excludes halogenated alkanes) is 1. The van der Waals surface area contributed by atoms with E-state index < -0.39 is 0 Å². The lowest BCUT2D eigenvalue weighted by Crippen LogP contribution is -1.99. The van der Waals surface area contributed by atoms with Crippen molar-refractivity contribution in [2.24, 2.45) is 0 Å². The molecule has 0 heterocycles. The molecule has 2 aromatic carbocycles. The molecule has 0 saturated heterocycles. The SMILES string of the molecule is CCCCOc1ccc(C(=O)/C=C/Nc2ccccc2CC)cc1. The zero-order valence-electron chi connectivity index (χ0n) is 14.4. The van der Waals surface area contributed by atoms with Gasteiger partial charge >= 0.3 is 0 Å². The van der Waals surface area contributed by atoms with Crippen LogP contribution in [0.25, 0.3) is 0 Å². The molecular weight excluding hydrogens is 298 g/mol. The summed E-state index contributed by atoms with van der Waals surface area (Å²) in [6.45, 7) is 4.95. The Morgan fingerprint density at radius 3 is 2.54 bits per heavy atom. The van der Waals surface area contributed by atoms with E-state index in [-0.39, 0.29) is 5.78 Å². The third-order valence-corrected chi connectivity index (χ3v) is 3.78. The number of ketones is 1. The van der Waals surface area contributed by atoms with Crippen molar-refractivity contribution >= 4 is 11.5 Å². The molecule has 0 aliphatic rings. The minimum absolute atomic E-state index is 0.0309. The predicted octanol–water partition coefficient (Wildman–Crippen LogP) is 5.24. The highest BCUT2D eigenvalue weighted by atomic mass is 16.5. The molecule has 0 amide bonds. The Bertz CT molecular complexity index is 674. The number of aryl methyl sites for hydroxylation is 1. The van der Waals surface area contributed by atoms with Gasteiger partial charge in [0.15, 0.2) is 5.78 Å². The van der Waals surface area contributed by atoms with Gasteiger partial charge in [-0.05, 0) is 48.7 Å². The average molecular weight is 323 g/mol. The fraction of sp³-hybridized carbons (Fsp3) is 0.286. The van der Waals surface area contributed by atoms with Crippen LogP contribution in [0.1, 0.15) is 42.6 Å². The van der Waals surface area contributed by atoms with Crippen LogP contribution in [0.2, 0.25) is 0 Å². The van der Waals surface area contributed by atoms with Crippen molar-refractivity contribution in [2.75, 3.05) is 11.9 Å². The third kappa shape index (κ3) is 5.27. The maximum Gasteiger partial charge on any atom is 0.187 e. The summed E-state index contributed by atoms with van der Waals surface area (Å²) in [6.07, 6.45) is 6.34. The first-order valence-corrected chi connectivity index (χ1v) is 8.52. The summed E-state index contributed by atoms with van der Waals surface area (Å²) in [5.41, 5.74) is 2.91. The van der Waals surface area contributed by atoms with E-state index in [9.17, 15) is 4.79 Å². The Kier molecular flexibility index (Phi) is 7.09. The molecule has 3 heteroatoms. The van der Waals surface area contributed by atoms with Gasteiger partial charge in [0.05, 0.1) is 6.61 Å². The van der Waals surface area contributed by atoms with E-state index in [1.807, 2.05) is 30.3 Å². The van der Waals surface area contributed by atoms with Crippen LogP contribution in [0, 0.1) is 0 Å². The first-order valence-electron chi connectivity index (χ1n) is 8.52. The highest BCUT2D eigenvalue weighted by molar-refractivity contribution is 6.04. The van der Waals surface area contributed by atoms with E-state index in [1.165, 1.54) is 5.56 Å². The molecule has 0 aromatic heterocycles. The molecule has 2 aromatic rings. The van der Waals surface area contributed by atoms with Crippen molar-refractivity contribution in [1.29, 1.82) is 0 Å². The lowest BCUT2D eigenvalue weighted by atomic mass is 10.1. The van der Waals surface area contributed by atoms with Crippen molar-refractivity contribution in [1.82, 2.24) is 0 Å². The van der Waals surface area contributed by atoms with E-state index >= 15 is 0 Å². The number of benzene rings is 2. The molecule has 3 nitrogen and oxygen atoms in total. The van der Waals surface area contributed by atoms with Gasteiger partial charge in [0.25, 0.3) is 0 Å².